The molecule has 0 atom stereocenters. The van der Waals surface area contributed by atoms with Gasteiger partial charge in [0.2, 0.25) is 5.91 Å². The van der Waals surface area contributed by atoms with Crippen molar-refractivity contribution in [1.82, 2.24) is 4.57 Å². The number of benzene rings is 3. The SMILES string of the molecule is O=C(Cn1c(=O)sc2ccccc21)Nc1cccc2ccccc12. The number of anilines is 1. The van der Waals surface area contributed by atoms with Gasteiger partial charge in [-0.05, 0) is 23.6 Å². The van der Waals surface area contributed by atoms with Crippen LogP contribution in [0, 0.1) is 0 Å². The minimum absolute atomic E-state index is 0.00602. The normalized spacial score (nSPS) is 11.0. The monoisotopic (exact) mass is 334 g/mol. The predicted molar refractivity (Wildman–Crippen MR) is 98.7 cm³/mol. The topological polar surface area (TPSA) is 51.1 Å². The van der Waals surface area contributed by atoms with Crippen LogP contribution in [0.2, 0.25) is 0 Å². The Hall–Kier alpha value is -2.92. The Morgan fingerprint density at radius 1 is 0.958 bits per heavy atom. The van der Waals surface area contributed by atoms with E-state index in [1.54, 1.807) is 0 Å². The third-order valence-electron chi connectivity index (χ3n) is 3.94. The fourth-order valence-electron chi connectivity index (χ4n) is 2.83. The number of aromatic nitrogens is 1. The van der Waals surface area contributed by atoms with E-state index in [2.05, 4.69) is 5.32 Å². The number of amides is 1. The lowest BCUT2D eigenvalue weighted by molar-refractivity contribution is -0.116. The van der Waals surface area contributed by atoms with Crippen LogP contribution in [0.25, 0.3) is 21.0 Å². The van der Waals surface area contributed by atoms with Crippen LogP contribution in [0.1, 0.15) is 0 Å². The number of nitrogens with zero attached hydrogens (tertiary/aromatic N) is 1. The van der Waals surface area contributed by atoms with Crippen LogP contribution in [0.4, 0.5) is 5.69 Å². The van der Waals surface area contributed by atoms with Crippen molar-refractivity contribution in [2.24, 2.45) is 0 Å². The minimum Gasteiger partial charge on any atom is -0.324 e. The highest BCUT2D eigenvalue weighted by Crippen LogP contribution is 2.23. The molecule has 0 fully saturated rings. The van der Waals surface area contributed by atoms with Gasteiger partial charge in [-0.2, -0.15) is 0 Å². The molecule has 0 spiro atoms. The Morgan fingerprint density at radius 2 is 1.71 bits per heavy atom. The van der Waals surface area contributed by atoms with Crippen molar-refractivity contribution in [3.8, 4) is 0 Å². The molecule has 4 aromatic rings. The third-order valence-corrected chi connectivity index (χ3v) is 4.90. The number of carbonyl (C=O) groups is 1. The minimum atomic E-state index is -0.211. The second kappa shape index (κ2) is 5.94. The summed E-state index contributed by atoms with van der Waals surface area (Å²) in [6, 6.07) is 21.2. The number of rotatable bonds is 3. The molecule has 0 aliphatic rings. The molecule has 118 valence electrons. The molecule has 3 aromatic carbocycles. The number of hydrogen-bond donors (Lipinski definition) is 1. The fourth-order valence-corrected chi connectivity index (χ4v) is 3.72. The summed E-state index contributed by atoms with van der Waals surface area (Å²) in [4.78, 5) is 24.5. The second-order valence-electron chi connectivity index (χ2n) is 5.50. The van der Waals surface area contributed by atoms with E-state index >= 15 is 0 Å². The molecule has 24 heavy (non-hydrogen) atoms. The van der Waals surface area contributed by atoms with Crippen molar-refractivity contribution in [1.29, 1.82) is 0 Å². The van der Waals surface area contributed by atoms with Crippen LogP contribution in [0.3, 0.4) is 0 Å². The maximum Gasteiger partial charge on any atom is 0.308 e. The molecule has 1 amide bonds. The molecular weight excluding hydrogens is 320 g/mol. The number of fused-ring (bicyclic) bond motifs is 2. The molecule has 0 radical (unpaired) electrons. The summed E-state index contributed by atoms with van der Waals surface area (Å²) >= 11 is 1.16. The van der Waals surface area contributed by atoms with E-state index in [4.69, 9.17) is 0 Å². The highest BCUT2D eigenvalue weighted by molar-refractivity contribution is 7.16. The summed E-state index contributed by atoms with van der Waals surface area (Å²) in [5.74, 6) is -0.211. The Bertz CT molecular complexity index is 1110. The van der Waals surface area contributed by atoms with Crippen molar-refractivity contribution in [2.75, 3.05) is 5.32 Å². The Labute approximate surface area is 142 Å². The van der Waals surface area contributed by atoms with E-state index < -0.39 is 0 Å². The molecule has 1 heterocycles. The van der Waals surface area contributed by atoms with E-state index in [1.165, 1.54) is 4.57 Å². The average Bonchev–Trinajstić information content (AvgIpc) is 2.91. The van der Waals surface area contributed by atoms with Gasteiger partial charge in [0.15, 0.2) is 0 Å². The lowest BCUT2D eigenvalue weighted by Gasteiger charge is -2.09. The maximum atomic E-state index is 12.5. The zero-order valence-corrected chi connectivity index (χ0v) is 13.5. The number of para-hydroxylation sites is 1. The van der Waals surface area contributed by atoms with Crippen LogP contribution in [0.5, 0.6) is 0 Å². The van der Waals surface area contributed by atoms with Crippen LogP contribution >= 0.6 is 11.3 Å². The summed E-state index contributed by atoms with van der Waals surface area (Å²) in [5, 5.41) is 4.97. The molecule has 5 heteroatoms. The fraction of sp³-hybridized carbons (Fsp3) is 0.0526. The zero-order chi connectivity index (χ0) is 16.5. The molecule has 4 nitrogen and oxygen atoms in total. The number of hydrogen-bond acceptors (Lipinski definition) is 3. The van der Waals surface area contributed by atoms with Crippen molar-refractivity contribution in [3.05, 3.63) is 76.4 Å². The Kier molecular flexibility index (Phi) is 3.63. The van der Waals surface area contributed by atoms with Crippen LogP contribution in [-0.4, -0.2) is 10.5 Å². The number of thiazole rings is 1. The van der Waals surface area contributed by atoms with Gasteiger partial charge in [0.25, 0.3) is 0 Å². The molecule has 1 aromatic heterocycles. The third kappa shape index (κ3) is 2.59. The average molecular weight is 334 g/mol. The Morgan fingerprint density at radius 3 is 2.62 bits per heavy atom. The van der Waals surface area contributed by atoms with Gasteiger partial charge >= 0.3 is 4.87 Å². The second-order valence-corrected chi connectivity index (χ2v) is 6.49. The smallest absolute Gasteiger partial charge is 0.308 e. The van der Waals surface area contributed by atoms with Gasteiger partial charge in [0.05, 0.1) is 10.2 Å². The summed E-state index contributed by atoms with van der Waals surface area (Å²) in [6.07, 6.45) is 0. The standard InChI is InChI=1S/C19H14N2O2S/c22-18(12-21-16-10-3-4-11-17(16)24-19(21)23)20-15-9-5-7-13-6-1-2-8-14(13)15/h1-11H,12H2,(H,20,22). The van der Waals surface area contributed by atoms with Gasteiger partial charge in [0, 0.05) is 11.1 Å². The molecular formula is C19H14N2O2S. The predicted octanol–water partition coefficient (Wildman–Crippen LogP) is 3.85. The molecule has 0 saturated carbocycles. The zero-order valence-electron chi connectivity index (χ0n) is 12.7. The summed E-state index contributed by atoms with van der Waals surface area (Å²) in [6.45, 7) is 0.00602. The van der Waals surface area contributed by atoms with Gasteiger partial charge in [-0.1, -0.05) is 59.9 Å². The molecule has 1 N–H and O–H groups in total. The van der Waals surface area contributed by atoms with E-state index in [1.807, 2.05) is 66.7 Å². The first-order valence-electron chi connectivity index (χ1n) is 7.58. The molecule has 0 aliphatic heterocycles. The Balaban J connectivity index is 1.65. The molecule has 0 aliphatic carbocycles. The molecule has 0 bridgehead atoms. The van der Waals surface area contributed by atoms with Crippen molar-refractivity contribution < 1.29 is 4.79 Å². The van der Waals surface area contributed by atoms with Gasteiger partial charge in [-0.25, -0.2) is 0 Å². The first-order valence-corrected chi connectivity index (χ1v) is 8.40. The van der Waals surface area contributed by atoms with E-state index in [9.17, 15) is 9.59 Å². The van der Waals surface area contributed by atoms with Gasteiger partial charge in [-0.3, -0.25) is 14.2 Å². The summed E-state index contributed by atoms with van der Waals surface area (Å²) in [5.41, 5.74) is 1.55. The van der Waals surface area contributed by atoms with Crippen molar-refractivity contribution >= 4 is 43.9 Å². The van der Waals surface area contributed by atoms with Crippen LogP contribution < -0.4 is 10.2 Å². The lowest BCUT2D eigenvalue weighted by Crippen LogP contribution is -2.24. The van der Waals surface area contributed by atoms with Gasteiger partial charge in [-0.15, -0.1) is 0 Å². The molecule has 4 rings (SSSR count). The molecule has 0 saturated heterocycles. The van der Waals surface area contributed by atoms with Gasteiger partial charge in [0.1, 0.15) is 6.54 Å². The van der Waals surface area contributed by atoms with E-state index in [0.29, 0.717) is 0 Å². The lowest BCUT2D eigenvalue weighted by atomic mass is 10.1. The van der Waals surface area contributed by atoms with E-state index in [-0.39, 0.29) is 17.3 Å². The molecule has 0 unspecified atom stereocenters. The summed E-state index contributed by atoms with van der Waals surface area (Å²) < 4.78 is 2.40. The van der Waals surface area contributed by atoms with Gasteiger partial charge < -0.3 is 5.32 Å². The van der Waals surface area contributed by atoms with Crippen LogP contribution in [0.15, 0.2) is 71.5 Å². The summed E-state index contributed by atoms with van der Waals surface area (Å²) in [7, 11) is 0. The van der Waals surface area contributed by atoms with Crippen molar-refractivity contribution in [3.63, 3.8) is 0 Å². The highest BCUT2D eigenvalue weighted by Gasteiger charge is 2.12. The number of carbonyl (C=O) groups excluding carboxylic acids is 1. The van der Waals surface area contributed by atoms with Crippen molar-refractivity contribution in [2.45, 2.75) is 6.54 Å². The highest BCUT2D eigenvalue weighted by atomic mass is 32.1. The first kappa shape index (κ1) is 14.7. The first-order chi connectivity index (χ1) is 11.7. The number of nitrogens with one attached hydrogen (secondary N) is 1. The maximum absolute atomic E-state index is 12.5. The van der Waals surface area contributed by atoms with E-state index in [0.717, 1.165) is 38.0 Å². The largest absolute Gasteiger partial charge is 0.324 e. The van der Waals surface area contributed by atoms with Crippen LogP contribution in [-0.2, 0) is 11.3 Å². The quantitative estimate of drug-likeness (QED) is 0.618.